The third-order valence-corrected chi connectivity index (χ3v) is 3.35. The average molecular weight is 264 g/mol. The maximum atomic E-state index is 11.7. The molecule has 2 atom stereocenters. The van der Waals surface area contributed by atoms with Crippen molar-refractivity contribution in [1.29, 1.82) is 0 Å². The van der Waals surface area contributed by atoms with Gasteiger partial charge in [0.25, 0.3) is 0 Å². The predicted molar refractivity (Wildman–Crippen MR) is 70.5 cm³/mol. The molecular formula is C11H24N2O3S. The second-order valence-corrected chi connectivity index (χ2v) is 5.68. The van der Waals surface area contributed by atoms with Gasteiger partial charge in [0.1, 0.15) is 5.75 Å². The molecule has 17 heavy (non-hydrogen) atoms. The summed E-state index contributed by atoms with van der Waals surface area (Å²) in [5.74, 6) is 0.336. The van der Waals surface area contributed by atoms with Gasteiger partial charge in [-0.05, 0) is 20.4 Å². The van der Waals surface area contributed by atoms with Gasteiger partial charge in [0, 0.05) is 35.7 Å². The van der Waals surface area contributed by atoms with Crippen LogP contribution in [0.25, 0.3) is 0 Å². The Hall–Kier alpha value is -0.460. The lowest BCUT2D eigenvalue weighted by Crippen LogP contribution is -2.40. The monoisotopic (exact) mass is 264 g/mol. The molecule has 0 saturated heterocycles. The molecule has 0 heterocycles. The van der Waals surface area contributed by atoms with Crippen molar-refractivity contribution in [2.75, 3.05) is 31.8 Å². The van der Waals surface area contributed by atoms with E-state index in [9.17, 15) is 9.00 Å². The zero-order chi connectivity index (χ0) is 13.3. The number of carbonyl (C=O) groups excluding carboxylic acids is 1. The second-order valence-electron chi connectivity index (χ2n) is 4.18. The first kappa shape index (κ1) is 16.5. The Balaban J connectivity index is 4.00. The van der Waals surface area contributed by atoms with E-state index in [1.54, 1.807) is 7.11 Å². The van der Waals surface area contributed by atoms with E-state index in [4.69, 9.17) is 4.74 Å². The van der Waals surface area contributed by atoms with Gasteiger partial charge in [-0.1, -0.05) is 6.92 Å². The lowest BCUT2D eigenvalue weighted by Gasteiger charge is -2.16. The van der Waals surface area contributed by atoms with E-state index in [2.05, 4.69) is 10.6 Å². The normalized spacial score (nSPS) is 14.6. The summed E-state index contributed by atoms with van der Waals surface area (Å²) < 4.78 is 16.8. The molecule has 2 N–H and O–H groups in total. The zero-order valence-electron chi connectivity index (χ0n) is 11.1. The van der Waals surface area contributed by atoms with Crippen LogP contribution >= 0.6 is 0 Å². The van der Waals surface area contributed by atoms with Crippen molar-refractivity contribution in [3.63, 3.8) is 0 Å². The van der Waals surface area contributed by atoms with Crippen LogP contribution in [-0.4, -0.2) is 54.0 Å². The molecule has 0 spiro atoms. The van der Waals surface area contributed by atoms with Crippen LogP contribution in [0.2, 0.25) is 0 Å². The zero-order valence-corrected chi connectivity index (χ0v) is 11.9. The van der Waals surface area contributed by atoms with E-state index >= 15 is 0 Å². The fourth-order valence-corrected chi connectivity index (χ4v) is 2.61. The topological polar surface area (TPSA) is 67.4 Å². The predicted octanol–water partition coefficient (Wildman–Crippen LogP) is -0.116. The van der Waals surface area contributed by atoms with Gasteiger partial charge in [0.2, 0.25) is 5.91 Å². The molecule has 0 aliphatic rings. The number of amides is 1. The number of nitrogens with one attached hydrogen (secondary N) is 2. The van der Waals surface area contributed by atoms with Gasteiger partial charge in [-0.15, -0.1) is 0 Å². The smallest absolute Gasteiger partial charge is 0.232 e. The minimum Gasteiger partial charge on any atom is -0.383 e. The summed E-state index contributed by atoms with van der Waals surface area (Å²) in [6.45, 7) is 7.05. The summed E-state index contributed by atoms with van der Waals surface area (Å²) in [5, 5.41) is 5.91. The van der Waals surface area contributed by atoms with Crippen LogP contribution in [0.3, 0.4) is 0 Å². The van der Waals surface area contributed by atoms with Gasteiger partial charge in [0.15, 0.2) is 0 Å². The number of ether oxygens (including phenoxy) is 1. The van der Waals surface area contributed by atoms with Crippen LogP contribution in [0, 0.1) is 0 Å². The maximum absolute atomic E-state index is 11.7. The van der Waals surface area contributed by atoms with Gasteiger partial charge in [0.05, 0.1) is 6.61 Å². The van der Waals surface area contributed by atoms with Crippen LogP contribution in [-0.2, 0) is 20.3 Å². The third kappa shape index (κ3) is 9.26. The number of hydrogen-bond acceptors (Lipinski definition) is 4. The third-order valence-electron chi connectivity index (χ3n) is 1.99. The molecule has 0 aliphatic heterocycles. The highest BCUT2D eigenvalue weighted by molar-refractivity contribution is 7.85. The quantitative estimate of drug-likeness (QED) is 0.609. The number of hydrogen-bond donors (Lipinski definition) is 2. The fourth-order valence-electron chi connectivity index (χ4n) is 1.45. The first-order valence-electron chi connectivity index (χ1n) is 5.86. The Bertz CT molecular complexity index is 241. The van der Waals surface area contributed by atoms with E-state index < -0.39 is 10.8 Å². The van der Waals surface area contributed by atoms with Crippen LogP contribution in [0.4, 0.5) is 0 Å². The maximum Gasteiger partial charge on any atom is 0.232 e. The molecule has 2 unspecified atom stereocenters. The number of likely N-dealkylation sites (N-methyl/N-ethyl adjacent to an activating group) is 1. The minimum atomic E-state index is -1.15. The van der Waals surface area contributed by atoms with Crippen molar-refractivity contribution < 1.29 is 13.7 Å². The fraction of sp³-hybridized carbons (Fsp3) is 0.909. The van der Waals surface area contributed by atoms with Gasteiger partial charge in [-0.2, -0.15) is 0 Å². The van der Waals surface area contributed by atoms with Crippen LogP contribution in [0.1, 0.15) is 20.8 Å². The van der Waals surface area contributed by atoms with Crippen LogP contribution < -0.4 is 10.6 Å². The van der Waals surface area contributed by atoms with Gasteiger partial charge in [-0.25, -0.2) is 0 Å². The van der Waals surface area contributed by atoms with Gasteiger partial charge < -0.3 is 15.4 Å². The Morgan fingerprint density at radius 1 is 1.41 bits per heavy atom. The summed E-state index contributed by atoms with van der Waals surface area (Å²) in [6.07, 6.45) is 0. The van der Waals surface area contributed by atoms with Crippen molar-refractivity contribution >= 4 is 16.7 Å². The first-order valence-corrected chi connectivity index (χ1v) is 7.35. The molecule has 1 amide bonds. The van der Waals surface area contributed by atoms with Crippen molar-refractivity contribution in [3.05, 3.63) is 0 Å². The molecule has 0 rings (SSSR count). The standard InChI is InChI=1S/C11H24N2O3S/c1-5-12-10(6-16-4)7-17(15)8-11(14)13-9(2)3/h9-10,12H,5-8H2,1-4H3,(H,13,14). The molecule has 0 aliphatic carbocycles. The SMILES string of the molecule is CCNC(COC)CS(=O)CC(=O)NC(C)C. The van der Waals surface area contributed by atoms with Gasteiger partial charge >= 0.3 is 0 Å². The molecule has 6 heteroatoms. The van der Waals surface area contributed by atoms with Crippen molar-refractivity contribution in [1.82, 2.24) is 10.6 Å². The molecule has 0 fully saturated rings. The Labute approximate surface area is 106 Å². The Morgan fingerprint density at radius 3 is 2.53 bits per heavy atom. The molecule has 0 aromatic heterocycles. The minimum absolute atomic E-state index is 0.0395. The average Bonchev–Trinajstić information content (AvgIpc) is 2.16. The van der Waals surface area contributed by atoms with Crippen molar-refractivity contribution in [2.24, 2.45) is 0 Å². The van der Waals surface area contributed by atoms with E-state index in [1.165, 1.54) is 0 Å². The number of carbonyl (C=O) groups is 1. The Morgan fingerprint density at radius 2 is 2.06 bits per heavy atom. The summed E-state index contributed by atoms with van der Waals surface area (Å²) in [5.41, 5.74) is 0. The number of rotatable bonds is 9. The first-order chi connectivity index (χ1) is 7.99. The summed E-state index contributed by atoms with van der Waals surface area (Å²) in [4.78, 5) is 11.4. The molecular weight excluding hydrogens is 240 g/mol. The molecule has 0 aromatic carbocycles. The van der Waals surface area contributed by atoms with Crippen LogP contribution in [0.15, 0.2) is 0 Å². The van der Waals surface area contributed by atoms with Crippen molar-refractivity contribution in [2.45, 2.75) is 32.9 Å². The summed E-state index contributed by atoms with van der Waals surface area (Å²) >= 11 is 0. The molecule has 102 valence electrons. The highest BCUT2D eigenvalue weighted by atomic mass is 32.2. The highest BCUT2D eigenvalue weighted by Gasteiger charge is 2.14. The van der Waals surface area contributed by atoms with E-state index in [0.717, 1.165) is 6.54 Å². The highest BCUT2D eigenvalue weighted by Crippen LogP contribution is 1.92. The summed E-state index contributed by atoms with van der Waals surface area (Å²) in [7, 11) is 0.456. The van der Waals surface area contributed by atoms with Crippen molar-refractivity contribution in [3.8, 4) is 0 Å². The molecule has 0 saturated carbocycles. The van der Waals surface area contributed by atoms with E-state index in [1.807, 2.05) is 20.8 Å². The van der Waals surface area contributed by atoms with Crippen LogP contribution in [0.5, 0.6) is 0 Å². The lowest BCUT2D eigenvalue weighted by atomic mass is 10.3. The lowest BCUT2D eigenvalue weighted by molar-refractivity contribution is -0.119. The van der Waals surface area contributed by atoms with E-state index in [0.29, 0.717) is 12.4 Å². The van der Waals surface area contributed by atoms with Gasteiger partial charge in [-0.3, -0.25) is 9.00 Å². The summed E-state index contributed by atoms with van der Waals surface area (Å²) in [6, 6.07) is 0.126. The second kappa shape index (κ2) is 9.56. The molecule has 0 bridgehead atoms. The van der Waals surface area contributed by atoms with E-state index in [-0.39, 0.29) is 23.7 Å². The molecule has 0 aromatic rings. The number of methoxy groups -OCH3 is 1. The molecule has 0 radical (unpaired) electrons. The Kier molecular flexibility index (Phi) is 9.30. The molecule has 5 nitrogen and oxygen atoms in total. The largest absolute Gasteiger partial charge is 0.383 e.